The molecule has 0 bridgehead atoms. The molecule has 2 atom stereocenters. The molecule has 2 rings (SSSR count). The van der Waals surface area contributed by atoms with Crippen LogP contribution in [0.2, 0.25) is 0 Å². The predicted molar refractivity (Wildman–Crippen MR) is 76.7 cm³/mol. The second-order valence-corrected chi connectivity index (χ2v) is 5.69. The molecule has 0 saturated carbocycles. The van der Waals surface area contributed by atoms with E-state index in [1.807, 2.05) is 6.92 Å². The fraction of sp³-hybridized carbons (Fsp3) is 0.600. The Kier molecular flexibility index (Phi) is 5.07. The molecule has 3 nitrogen and oxygen atoms in total. The van der Waals surface area contributed by atoms with Crippen LogP contribution in [-0.2, 0) is 0 Å². The van der Waals surface area contributed by atoms with Gasteiger partial charge in [-0.3, -0.25) is 4.90 Å². The quantitative estimate of drug-likeness (QED) is 0.910. The summed E-state index contributed by atoms with van der Waals surface area (Å²) in [6.45, 7) is 5.82. The van der Waals surface area contributed by atoms with E-state index >= 15 is 0 Å². The van der Waals surface area contributed by atoms with Crippen LogP contribution in [0, 0.1) is 11.6 Å². The van der Waals surface area contributed by atoms with E-state index in [9.17, 15) is 8.78 Å². The summed E-state index contributed by atoms with van der Waals surface area (Å²) >= 11 is 0. The molecule has 1 aromatic rings. The molecular formula is C15H23F2N3. The highest BCUT2D eigenvalue weighted by atomic mass is 19.1. The van der Waals surface area contributed by atoms with Gasteiger partial charge in [-0.05, 0) is 27.1 Å². The first-order valence-corrected chi connectivity index (χ1v) is 7.04. The van der Waals surface area contributed by atoms with Crippen LogP contribution in [0.1, 0.15) is 18.5 Å². The molecular weight excluding hydrogens is 260 g/mol. The number of hydrogen-bond acceptors (Lipinski definition) is 3. The molecule has 0 radical (unpaired) electrons. The Morgan fingerprint density at radius 1 is 1.30 bits per heavy atom. The van der Waals surface area contributed by atoms with Crippen LogP contribution in [0.4, 0.5) is 8.78 Å². The first kappa shape index (κ1) is 15.4. The molecule has 1 N–H and O–H groups in total. The normalized spacial score (nSPS) is 22.9. The van der Waals surface area contributed by atoms with Crippen molar-refractivity contribution in [3.63, 3.8) is 0 Å². The van der Waals surface area contributed by atoms with Gasteiger partial charge in [-0.25, -0.2) is 8.78 Å². The highest BCUT2D eigenvalue weighted by Gasteiger charge is 2.22. The monoisotopic (exact) mass is 283 g/mol. The van der Waals surface area contributed by atoms with Crippen LogP contribution in [0.5, 0.6) is 0 Å². The van der Waals surface area contributed by atoms with Crippen molar-refractivity contribution in [2.45, 2.75) is 19.0 Å². The Morgan fingerprint density at radius 2 is 2.05 bits per heavy atom. The lowest BCUT2D eigenvalue weighted by Gasteiger charge is -2.38. The Balaban J connectivity index is 1.92. The molecule has 1 heterocycles. The molecule has 112 valence electrons. The van der Waals surface area contributed by atoms with E-state index in [4.69, 9.17) is 0 Å². The predicted octanol–water partition coefficient (Wildman–Crippen LogP) is 1.86. The van der Waals surface area contributed by atoms with E-state index in [-0.39, 0.29) is 6.04 Å². The second-order valence-electron chi connectivity index (χ2n) is 5.69. The smallest absolute Gasteiger partial charge is 0.130 e. The van der Waals surface area contributed by atoms with Crippen molar-refractivity contribution in [3.8, 4) is 0 Å². The van der Waals surface area contributed by atoms with Gasteiger partial charge in [0, 0.05) is 49.9 Å². The largest absolute Gasteiger partial charge is 0.308 e. The summed E-state index contributed by atoms with van der Waals surface area (Å²) < 4.78 is 26.6. The number of benzene rings is 1. The van der Waals surface area contributed by atoms with Gasteiger partial charge in [0.2, 0.25) is 0 Å². The molecule has 0 aromatic heterocycles. The molecule has 0 aliphatic carbocycles. The average Bonchev–Trinajstić information content (AvgIpc) is 2.39. The molecule has 1 fully saturated rings. The average molecular weight is 283 g/mol. The molecule has 20 heavy (non-hydrogen) atoms. The Labute approximate surface area is 119 Å². The van der Waals surface area contributed by atoms with Crippen LogP contribution >= 0.6 is 0 Å². The summed E-state index contributed by atoms with van der Waals surface area (Å²) in [4.78, 5) is 4.62. The lowest BCUT2D eigenvalue weighted by Crippen LogP contribution is -2.53. The number of nitrogens with one attached hydrogen (secondary N) is 1. The van der Waals surface area contributed by atoms with Crippen molar-refractivity contribution in [2.75, 3.05) is 40.3 Å². The fourth-order valence-corrected chi connectivity index (χ4v) is 2.60. The van der Waals surface area contributed by atoms with Gasteiger partial charge in [0.25, 0.3) is 0 Å². The van der Waals surface area contributed by atoms with Gasteiger partial charge in [0.1, 0.15) is 11.6 Å². The minimum atomic E-state index is -0.535. The molecule has 1 aromatic carbocycles. The van der Waals surface area contributed by atoms with E-state index in [1.165, 1.54) is 12.1 Å². The summed E-state index contributed by atoms with van der Waals surface area (Å²) in [7, 11) is 4.23. The fourth-order valence-electron chi connectivity index (χ4n) is 2.60. The highest BCUT2D eigenvalue weighted by molar-refractivity contribution is 5.21. The molecule has 1 aliphatic heterocycles. The zero-order valence-electron chi connectivity index (χ0n) is 12.4. The van der Waals surface area contributed by atoms with Crippen LogP contribution < -0.4 is 5.32 Å². The van der Waals surface area contributed by atoms with Crippen LogP contribution in [0.25, 0.3) is 0 Å². The summed E-state index contributed by atoms with van der Waals surface area (Å²) in [6.07, 6.45) is 0. The SMILES string of the molecule is CC(NCC1CN(C)CCN1C)c1ccc(F)cc1F. The number of halogens is 2. The highest BCUT2D eigenvalue weighted by Crippen LogP contribution is 2.18. The minimum Gasteiger partial charge on any atom is -0.308 e. The van der Waals surface area contributed by atoms with Gasteiger partial charge >= 0.3 is 0 Å². The third-order valence-corrected chi connectivity index (χ3v) is 4.07. The molecule has 0 amide bonds. The van der Waals surface area contributed by atoms with Crippen LogP contribution in [0.15, 0.2) is 18.2 Å². The van der Waals surface area contributed by atoms with E-state index < -0.39 is 11.6 Å². The topological polar surface area (TPSA) is 18.5 Å². The van der Waals surface area contributed by atoms with Crippen molar-refractivity contribution in [1.29, 1.82) is 0 Å². The van der Waals surface area contributed by atoms with Crippen molar-refractivity contribution >= 4 is 0 Å². The Bertz CT molecular complexity index is 453. The second kappa shape index (κ2) is 6.61. The minimum absolute atomic E-state index is 0.128. The summed E-state index contributed by atoms with van der Waals surface area (Å²) in [5, 5.41) is 3.35. The van der Waals surface area contributed by atoms with E-state index in [2.05, 4.69) is 29.2 Å². The number of piperazine rings is 1. The number of nitrogens with zero attached hydrogens (tertiary/aromatic N) is 2. The lowest BCUT2D eigenvalue weighted by atomic mass is 10.1. The van der Waals surface area contributed by atoms with Crippen molar-refractivity contribution in [3.05, 3.63) is 35.4 Å². The van der Waals surface area contributed by atoms with Gasteiger partial charge in [-0.2, -0.15) is 0 Å². The van der Waals surface area contributed by atoms with Crippen molar-refractivity contribution in [1.82, 2.24) is 15.1 Å². The lowest BCUT2D eigenvalue weighted by molar-refractivity contribution is 0.111. The third-order valence-electron chi connectivity index (χ3n) is 4.07. The number of rotatable bonds is 4. The van der Waals surface area contributed by atoms with Crippen LogP contribution in [0.3, 0.4) is 0 Å². The maximum atomic E-state index is 13.7. The van der Waals surface area contributed by atoms with E-state index in [0.717, 1.165) is 32.2 Å². The molecule has 0 spiro atoms. The maximum absolute atomic E-state index is 13.7. The van der Waals surface area contributed by atoms with Crippen molar-refractivity contribution < 1.29 is 8.78 Å². The Hall–Kier alpha value is -1.04. The summed E-state index contributed by atoms with van der Waals surface area (Å²) in [5.74, 6) is -1.02. The summed E-state index contributed by atoms with van der Waals surface area (Å²) in [6, 6.07) is 4.04. The van der Waals surface area contributed by atoms with Crippen molar-refractivity contribution in [2.24, 2.45) is 0 Å². The van der Waals surface area contributed by atoms with E-state index in [1.54, 1.807) is 0 Å². The zero-order chi connectivity index (χ0) is 14.7. The number of likely N-dealkylation sites (N-methyl/N-ethyl adjacent to an activating group) is 2. The Morgan fingerprint density at radius 3 is 2.75 bits per heavy atom. The van der Waals surface area contributed by atoms with Crippen LogP contribution in [-0.4, -0.2) is 56.1 Å². The standard InChI is InChI=1S/C15H23F2N3/c1-11(14-5-4-12(16)8-15(14)17)18-9-13-10-19(2)6-7-20(13)3/h4-5,8,11,13,18H,6-7,9-10H2,1-3H3. The van der Waals surface area contributed by atoms with Gasteiger partial charge < -0.3 is 10.2 Å². The maximum Gasteiger partial charge on any atom is 0.130 e. The van der Waals surface area contributed by atoms with Gasteiger partial charge in [0.15, 0.2) is 0 Å². The van der Waals surface area contributed by atoms with Gasteiger partial charge in [-0.1, -0.05) is 6.07 Å². The number of hydrogen-bond donors (Lipinski definition) is 1. The molecule has 5 heteroatoms. The first-order valence-electron chi connectivity index (χ1n) is 7.04. The van der Waals surface area contributed by atoms with Gasteiger partial charge in [0.05, 0.1) is 0 Å². The third kappa shape index (κ3) is 3.75. The van der Waals surface area contributed by atoms with E-state index in [0.29, 0.717) is 11.6 Å². The molecule has 1 saturated heterocycles. The zero-order valence-corrected chi connectivity index (χ0v) is 12.4. The first-order chi connectivity index (χ1) is 9.47. The summed E-state index contributed by atoms with van der Waals surface area (Å²) in [5.41, 5.74) is 0.512. The molecule has 1 aliphatic rings. The van der Waals surface area contributed by atoms with Gasteiger partial charge in [-0.15, -0.1) is 0 Å². The molecule has 2 unspecified atom stereocenters.